The average Bonchev–Trinajstić information content (AvgIpc) is 2.75. The second-order valence-electron chi connectivity index (χ2n) is 5.20. The molecule has 3 rings (SSSR count). The molecule has 1 fully saturated rings. The number of nitrogens with zero attached hydrogens (tertiary/aromatic N) is 2. The summed E-state index contributed by atoms with van der Waals surface area (Å²) >= 11 is 0. The highest BCUT2D eigenvalue weighted by Gasteiger charge is 2.21. The molecule has 0 bridgehead atoms. The van der Waals surface area contributed by atoms with Crippen LogP contribution in [0.15, 0.2) is 35.3 Å². The SMILES string of the molecule is Cc1cccc(-n2c(O)cn(C3CCOCC3)c2=O)c1. The lowest BCUT2D eigenvalue weighted by atomic mass is 10.1. The van der Waals surface area contributed by atoms with Crippen molar-refractivity contribution in [1.82, 2.24) is 9.13 Å². The first kappa shape index (κ1) is 13.0. The number of aromatic hydroxyl groups is 1. The number of benzene rings is 1. The van der Waals surface area contributed by atoms with Crippen LogP contribution in [-0.2, 0) is 4.74 Å². The van der Waals surface area contributed by atoms with E-state index < -0.39 is 0 Å². The molecule has 1 aliphatic rings. The van der Waals surface area contributed by atoms with E-state index in [1.807, 2.05) is 31.2 Å². The van der Waals surface area contributed by atoms with Crippen LogP contribution in [0.3, 0.4) is 0 Å². The topological polar surface area (TPSA) is 56.4 Å². The standard InChI is InChI=1S/C15H18N2O3/c1-11-3-2-4-13(9-11)17-14(18)10-16(15(17)19)12-5-7-20-8-6-12/h2-4,9-10,12,18H,5-8H2,1H3. The lowest BCUT2D eigenvalue weighted by Crippen LogP contribution is -2.29. The first-order valence-corrected chi connectivity index (χ1v) is 6.84. The fourth-order valence-electron chi connectivity index (χ4n) is 2.69. The molecule has 0 spiro atoms. The van der Waals surface area contributed by atoms with Gasteiger partial charge in [0.05, 0.1) is 11.9 Å². The van der Waals surface area contributed by atoms with Crippen molar-refractivity contribution >= 4 is 0 Å². The van der Waals surface area contributed by atoms with E-state index in [0.717, 1.165) is 18.4 Å². The van der Waals surface area contributed by atoms with Gasteiger partial charge in [0.25, 0.3) is 0 Å². The van der Waals surface area contributed by atoms with Gasteiger partial charge in [-0.25, -0.2) is 9.36 Å². The largest absolute Gasteiger partial charge is 0.493 e. The van der Waals surface area contributed by atoms with Crippen LogP contribution in [-0.4, -0.2) is 27.5 Å². The average molecular weight is 274 g/mol. The molecule has 2 aromatic rings. The van der Waals surface area contributed by atoms with Crippen LogP contribution >= 0.6 is 0 Å². The molecular weight excluding hydrogens is 256 g/mol. The molecular formula is C15H18N2O3. The van der Waals surface area contributed by atoms with Gasteiger partial charge in [0, 0.05) is 19.3 Å². The zero-order valence-electron chi connectivity index (χ0n) is 11.5. The van der Waals surface area contributed by atoms with Crippen molar-refractivity contribution in [2.45, 2.75) is 25.8 Å². The summed E-state index contributed by atoms with van der Waals surface area (Å²) in [6, 6.07) is 7.65. The number of aryl methyl sites for hydroxylation is 1. The second-order valence-corrected chi connectivity index (χ2v) is 5.20. The first-order chi connectivity index (χ1) is 9.66. The lowest BCUT2D eigenvalue weighted by molar-refractivity contribution is 0.0686. The normalized spacial score (nSPS) is 16.4. The van der Waals surface area contributed by atoms with Gasteiger partial charge >= 0.3 is 5.69 Å². The molecule has 106 valence electrons. The van der Waals surface area contributed by atoms with Gasteiger partial charge < -0.3 is 9.84 Å². The minimum absolute atomic E-state index is 0.0212. The number of hydrogen-bond acceptors (Lipinski definition) is 3. The van der Waals surface area contributed by atoms with Crippen molar-refractivity contribution in [3.63, 3.8) is 0 Å². The van der Waals surface area contributed by atoms with E-state index in [1.165, 1.54) is 10.8 Å². The summed E-state index contributed by atoms with van der Waals surface area (Å²) in [5.74, 6) is -0.0212. The Morgan fingerprint density at radius 3 is 2.75 bits per heavy atom. The Balaban J connectivity index is 2.04. The molecule has 1 aliphatic heterocycles. The minimum atomic E-state index is -0.194. The lowest BCUT2D eigenvalue weighted by Gasteiger charge is -2.22. The van der Waals surface area contributed by atoms with Crippen LogP contribution in [0.2, 0.25) is 0 Å². The van der Waals surface area contributed by atoms with E-state index in [1.54, 1.807) is 4.57 Å². The summed E-state index contributed by atoms with van der Waals surface area (Å²) in [4.78, 5) is 12.5. The zero-order valence-corrected chi connectivity index (χ0v) is 11.5. The summed E-state index contributed by atoms with van der Waals surface area (Å²) in [5, 5.41) is 10.1. The van der Waals surface area contributed by atoms with Gasteiger partial charge in [-0.15, -0.1) is 0 Å². The van der Waals surface area contributed by atoms with Crippen molar-refractivity contribution in [3.8, 4) is 11.6 Å². The van der Waals surface area contributed by atoms with Gasteiger partial charge in [0.2, 0.25) is 5.88 Å². The molecule has 5 nitrogen and oxygen atoms in total. The van der Waals surface area contributed by atoms with E-state index in [2.05, 4.69) is 0 Å². The summed E-state index contributed by atoms with van der Waals surface area (Å²) in [7, 11) is 0. The number of aromatic nitrogens is 2. The van der Waals surface area contributed by atoms with Gasteiger partial charge in [0.15, 0.2) is 0 Å². The van der Waals surface area contributed by atoms with Crippen LogP contribution < -0.4 is 5.69 Å². The summed E-state index contributed by atoms with van der Waals surface area (Å²) in [6.45, 7) is 3.28. The predicted molar refractivity (Wildman–Crippen MR) is 75.5 cm³/mol. The molecule has 5 heteroatoms. The second kappa shape index (κ2) is 5.17. The molecule has 0 atom stereocenters. The molecule has 1 aromatic heterocycles. The Kier molecular flexibility index (Phi) is 3.36. The third-order valence-electron chi connectivity index (χ3n) is 3.74. The number of rotatable bonds is 2. The molecule has 1 saturated heterocycles. The maximum absolute atomic E-state index is 12.5. The van der Waals surface area contributed by atoms with Crippen molar-refractivity contribution in [3.05, 3.63) is 46.5 Å². The number of ether oxygens (including phenoxy) is 1. The Labute approximate surface area is 117 Å². The van der Waals surface area contributed by atoms with Gasteiger partial charge in [-0.1, -0.05) is 12.1 Å². The van der Waals surface area contributed by atoms with Crippen molar-refractivity contribution in [2.24, 2.45) is 0 Å². The van der Waals surface area contributed by atoms with Gasteiger partial charge in [0.1, 0.15) is 0 Å². The maximum atomic E-state index is 12.5. The third-order valence-corrected chi connectivity index (χ3v) is 3.74. The van der Waals surface area contributed by atoms with E-state index in [0.29, 0.717) is 18.9 Å². The van der Waals surface area contributed by atoms with Gasteiger partial charge in [-0.2, -0.15) is 0 Å². The summed E-state index contributed by atoms with van der Waals surface area (Å²) in [5.41, 5.74) is 1.55. The molecule has 0 radical (unpaired) electrons. The fourth-order valence-corrected chi connectivity index (χ4v) is 2.69. The highest BCUT2D eigenvalue weighted by molar-refractivity contribution is 5.38. The zero-order chi connectivity index (χ0) is 14.1. The van der Waals surface area contributed by atoms with Gasteiger partial charge in [-0.05, 0) is 37.5 Å². The molecule has 0 unspecified atom stereocenters. The molecule has 0 saturated carbocycles. The van der Waals surface area contributed by atoms with Crippen LogP contribution in [0.5, 0.6) is 5.88 Å². The molecule has 1 aromatic carbocycles. The van der Waals surface area contributed by atoms with Gasteiger partial charge in [-0.3, -0.25) is 4.57 Å². The Bertz CT molecular complexity index is 666. The van der Waals surface area contributed by atoms with Crippen LogP contribution in [0, 0.1) is 6.92 Å². The fraction of sp³-hybridized carbons (Fsp3) is 0.400. The quantitative estimate of drug-likeness (QED) is 0.911. The van der Waals surface area contributed by atoms with E-state index in [4.69, 9.17) is 4.74 Å². The molecule has 1 N–H and O–H groups in total. The van der Waals surface area contributed by atoms with E-state index in [9.17, 15) is 9.90 Å². The number of hydrogen-bond donors (Lipinski definition) is 1. The van der Waals surface area contributed by atoms with Crippen molar-refractivity contribution < 1.29 is 9.84 Å². The Hall–Kier alpha value is -2.01. The number of imidazole rings is 1. The monoisotopic (exact) mass is 274 g/mol. The maximum Gasteiger partial charge on any atom is 0.335 e. The van der Waals surface area contributed by atoms with Crippen LogP contribution in [0.4, 0.5) is 0 Å². The smallest absolute Gasteiger partial charge is 0.335 e. The van der Waals surface area contributed by atoms with Crippen LogP contribution in [0.25, 0.3) is 5.69 Å². The molecule has 0 amide bonds. The predicted octanol–water partition coefficient (Wildman–Crippen LogP) is 2.00. The first-order valence-electron chi connectivity index (χ1n) is 6.84. The Morgan fingerprint density at radius 2 is 2.05 bits per heavy atom. The highest BCUT2D eigenvalue weighted by atomic mass is 16.5. The highest BCUT2D eigenvalue weighted by Crippen LogP contribution is 2.23. The third kappa shape index (κ3) is 2.25. The van der Waals surface area contributed by atoms with Crippen molar-refractivity contribution in [1.29, 1.82) is 0 Å². The Morgan fingerprint density at radius 1 is 1.30 bits per heavy atom. The van der Waals surface area contributed by atoms with E-state index in [-0.39, 0.29) is 17.6 Å². The van der Waals surface area contributed by atoms with Crippen molar-refractivity contribution in [2.75, 3.05) is 13.2 Å². The summed E-state index contributed by atoms with van der Waals surface area (Å²) in [6.07, 6.45) is 3.13. The molecule has 2 heterocycles. The molecule has 20 heavy (non-hydrogen) atoms. The van der Waals surface area contributed by atoms with E-state index >= 15 is 0 Å². The summed E-state index contributed by atoms with van der Waals surface area (Å²) < 4.78 is 8.29. The minimum Gasteiger partial charge on any atom is -0.493 e. The molecule has 0 aliphatic carbocycles. The van der Waals surface area contributed by atoms with Crippen LogP contribution in [0.1, 0.15) is 24.4 Å².